The zero-order valence-corrected chi connectivity index (χ0v) is 44.0. The molecule has 0 aliphatic rings. The molecule has 0 aromatic rings. The standard InChI is InChI=1S/C59H115NO5/c1-3-5-7-9-11-13-15-17-19-20-21-25-29-33-37-41-45-49-53-59(64)65-54-50-46-42-38-34-30-26-22-24-28-32-36-40-44-48-52-58(63)60-56(55-61)57(62)51-47-43-39-35-31-27-23-18-16-14-12-10-8-6-4-2/h47,51,56-57,61-62H,3-46,48-50,52-55H2,1-2H3,(H,60,63)/b51-47+. The summed E-state index contributed by atoms with van der Waals surface area (Å²) in [5, 5.41) is 23.1. The van der Waals surface area contributed by atoms with Gasteiger partial charge < -0.3 is 20.3 Å². The second-order valence-electron chi connectivity index (χ2n) is 20.3. The molecule has 3 N–H and O–H groups in total. The van der Waals surface area contributed by atoms with Crippen molar-refractivity contribution in [3.8, 4) is 0 Å². The Balaban J connectivity index is 3.42. The number of hydrogen-bond donors (Lipinski definition) is 3. The van der Waals surface area contributed by atoms with Crippen LogP contribution in [-0.2, 0) is 14.3 Å². The van der Waals surface area contributed by atoms with Gasteiger partial charge in [-0.2, -0.15) is 0 Å². The van der Waals surface area contributed by atoms with Gasteiger partial charge in [0.05, 0.1) is 25.4 Å². The van der Waals surface area contributed by atoms with Crippen molar-refractivity contribution in [2.75, 3.05) is 13.2 Å². The molecule has 0 bridgehead atoms. The van der Waals surface area contributed by atoms with Gasteiger partial charge in [-0.15, -0.1) is 0 Å². The van der Waals surface area contributed by atoms with Crippen LogP contribution in [0.1, 0.15) is 328 Å². The molecule has 0 aromatic heterocycles. The smallest absolute Gasteiger partial charge is 0.305 e. The molecule has 0 spiro atoms. The summed E-state index contributed by atoms with van der Waals surface area (Å²) < 4.78 is 5.49. The third-order valence-electron chi connectivity index (χ3n) is 13.8. The van der Waals surface area contributed by atoms with Crippen molar-refractivity contribution in [3.05, 3.63) is 12.2 Å². The minimum Gasteiger partial charge on any atom is -0.466 e. The van der Waals surface area contributed by atoms with Crippen LogP contribution >= 0.6 is 0 Å². The zero-order valence-electron chi connectivity index (χ0n) is 44.0. The normalized spacial score (nSPS) is 12.6. The van der Waals surface area contributed by atoms with Crippen LogP contribution in [-0.4, -0.2) is 47.4 Å². The zero-order chi connectivity index (χ0) is 47.2. The van der Waals surface area contributed by atoms with Crippen molar-refractivity contribution in [1.29, 1.82) is 0 Å². The lowest BCUT2D eigenvalue weighted by Gasteiger charge is -2.20. The molecule has 0 saturated carbocycles. The van der Waals surface area contributed by atoms with Crippen LogP contribution in [0.25, 0.3) is 0 Å². The van der Waals surface area contributed by atoms with Crippen LogP contribution in [0.3, 0.4) is 0 Å². The molecule has 0 aliphatic carbocycles. The van der Waals surface area contributed by atoms with E-state index in [9.17, 15) is 19.8 Å². The first-order chi connectivity index (χ1) is 32.0. The fourth-order valence-electron chi connectivity index (χ4n) is 9.28. The van der Waals surface area contributed by atoms with Gasteiger partial charge in [-0.1, -0.05) is 296 Å². The van der Waals surface area contributed by atoms with Crippen LogP contribution in [0, 0.1) is 0 Å². The molecule has 0 radical (unpaired) electrons. The molecule has 0 aromatic carbocycles. The third kappa shape index (κ3) is 51.8. The minimum absolute atomic E-state index is 0.00448. The monoisotopic (exact) mass is 918 g/mol. The van der Waals surface area contributed by atoms with E-state index in [-0.39, 0.29) is 18.5 Å². The van der Waals surface area contributed by atoms with Gasteiger partial charge in [0.1, 0.15) is 0 Å². The number of aliphatic hydroxyl groups is 2. The number of aliphatic hydroxyl groups excluding tert-OH is 2. The number of amides is 1. The van der Waals surface area contributed by atoms with Crippen LogP contribution < -0.4 is 5.32 Å². The SMILES string of the molecule is CCCCCCCCCCCCCCC/C=C/C(O)C(CO)NC(=O)CCCCCCCCCCCCCCCCCOC(=O)CCCCCCCCCCCCCCCCCCCC. The Hall–Kier alpha value is -1.40. The molecule has 0 saturated heterocycles. The summed E-state index contributed by atoms with van der Waals surface area (Å²) in [4.78, 5) is 24.5. The molecular formula is C59H115NO5. The largest absolute Gasteiger partial charge is 0.466 e. The molecular weight excluding hydrogens is 803 g/mol. The average Bonchev–Trinajstić information content (AvgIpc) is 3.31. The highest BCUT2D eigenvalue weighted by Gasteiger charge is 2.18. The Labute approximate surface area is 406 Å². The number of carbonyl (C=O) groups is 2. The van der Waals surface area contributed by atoms with Gasteiger partial charge in [-0.05, 0) is 32.1 Å². The molecule has 0 heterocycles. The van der Waals surface area contributed by atoms with Gasteiger partial charge in [0.25, 0.3) is 0 Å². The third-order valence-corrected chi connectivity index (χ3v) is 13.8. The average molecular weight is 919 g/mol. The number of rotatable bonds is 55. The highest BCUT2D eigenvalue weighted by atomic mass is 16.5. The maximum absolute atomic E-state index is 12.5. The second kappa shape index (κ2) is 55.2. The summed E-state index contributed by atoms with van der Waals surface area (Å²) in [6, 6.07) is -0.633. The van der Waals surface area contributed by atoms with Crippen molar-refractivity contribution in [3.63, 3.8) is 0 Å². The highest BCUT2D eigenvalue weighted by Crippen LogP contribution is 2.17. The first kappa shape index (κ1) is 63.6. The number of esters is 1. The van der Waals surface area contributed by atoms with Gasteiger partial charge in [0.15, 0.2) is 0 Å². The highest BCUT2D eigenvalue weighted by molar-refractivity contribution is 5.76. The molecule has 6 heteroatoms. The first-order valence-corrected chi connectivity index (χ1v) is 29.5. The molecule has 2 atom stereocenters. The Morgan fingerprint density at radius 1 is 0.415 bits per heavy atom. The van der Waals surface area contributed by atoms with E-state index in [4.69, 9.17) is 4.74 Å². The summed E-state index contributed by atoms with van der Waals surface area (Å²) in [7, 11) is 0. The summed E-state index contributed by atoms with van der Waals surface area (Å²) in [5.74, 6) is -0.0698. The Morgan fingerprint density at radius 3 is 1.05 bits per heavy atom. The van der Waals surface area contributed by atoms with Crippen LogP contribution in [0.15, 0.2) is 12.2 Å². The first-order valence-electron chi connectivity index (χ1n) is 29.5. The lowest BCUT2D eigenvalue weighted by atomic mass is 10.0. The number of unbranched alkanes of at least 4 members (excludes halogenated alkanes) is 44. The maximum atomic E-state index is 12.5. The molecule has 6 nitrogen and oxygen atoms in total. The van der Waals surface area contributed by atoms with E-state index < -0.39 is 12.1 Å². The van der Waals surface area contributed by atoms with Gasteiger partial charge in [-0.3, -0.25) is 9.59 Å². The summed E-state index contributed by atoms with van der Waals surface area (Å²) in [5.41, 5.74) is 0. The van der Waals surface area contributed by atoms with E-state index in [0.717, 1.165) is 44.9 Å². The number of nitrogens with one attached hydrogen (secondary N) is 1. The topological polar surface area (TPSA) is 95.9 Å². The van der Waals surface area contributed by atoms with Crippen LogP contribution in [0.2, 0.25) is 0 Å². The lowest BCUT2D eigenvalue weighted by Crippen LogP contribution is -2.45. The van der Waals surface area contributed by atoms with Crippen molar-refractivity contribution in [1.82, 2.24) is 5.32 Å². The van der Waals surface area contributed by atoms with E-state index in [0.29, 0.717) is 19.4 Å². The van der Waals surface area contributed by atoms with Gasteiger partial charge in [-0.25, -0.2) is 0 Å². The number of ether oxygens (including phenoxy) is 1. The molecule has 0 fully saturated rings. The molecule has 65 heavy (non-hydrogen) atoms. The van der Waals surface area contributed by atoms with Crippen LogP contribution in [0.5, 0.6) is 0 Å². The molecule has 0 aliphatic heterocycles. The number of allylic oxidation sites excluding steroid dienone is 1. The van der Waals surface area contributed by atoms with Crippen molar-refractivity contribution in [2.24, 2.45) is 0 Å². The van der Waals surface area contributed by atoms with E-state index >= 15 is 0 Å². The molecule has 0 rings (SSSR count). The minimum atomic E-state index is -0.849. The van der Waals surface area contributed by atoms with Crippen molar-refractivity contribution >= 4 is 11.9 Å². The number of hydrogen-bond acceptors (Lipinski definition) is 5. The summed E-state index contributed by atoms with van der Waals surface area (Å²) >= 11 is 0. The second-order valence-corrected chi connectivity index (χ2v) is 20.3. The maximum Gasteiger partial charge on any atom is 0.305 e. The Morgan fingerprint density at radius 2 is 0.708 bits per heavy atom. The predicted octanol–water partition coefficient (Wildman–Crippen LogP) is 18.1. The van der Waals surface area contributed by atoms with Crippen LogP contribution in [0.4, 0.5) is 0 Å². The predicted molar refractivity (Wildman–Crippen MR) is 283 cm³/mol. The van der Waals surface area contributed by atoms with E-state index in [1.807, 2.05) is 6.08 Å². The van der Waals surface area contributed by atoms with E-state index in [1.165, 1.54) is 257 Å². The fraction of sp³-hybridized carbons (Fsp3) is 0.932. The van der Waals surface area contributed by atoms with Gasteiger partial charge in [0.2, 0.25) is 5.91 Å². The van der Waals surface area contributed by atoms with Crippen molar-refractivity contribution < 1.29 is 24.5 Å². The van der Waals surface area contributed by atoms with E-state index in [1.54, 1.807) is 6.08 Å². The quantitative estimate of drug-likeness (QED) is 0.0321. The summed E-state index contributed by atoms with van der Waals surface area (Å²) in [6.45, 7) is 4.91. The van der Waals surface area contributed by atoms with Crippen molar-refractivity contribution in [2.45, 2.75) is 341 Å². The fourth-order valence-corrected chi connectivity index (χ4v) is 9.28. The molecule has 1 amide bonds. The summed E-state index contributed by atoms with van der Waals surface area (Å²) in [6.07, 6.45) is 65.2. The Kier molecular flexibility index (Phi) is 54.0. The lowest BCUT2D eigenvalue weighted by molar-refractivity contribution is -0.143. The molecule has 386 valence electrons. The molecule has 2 unspecified atom stereocenters. The van der Waals surface area contributed by atoms with Gasteiger partial charge >= 0.3 is 5.97 Å². The Bertz CT molecular complexity index is 970. The van der Waals surface area contributed by atoms with E-state index in [2.05, 4.69) is 19.2 Å². The van der Waals surface area contributed by atoms with Gasteiger partial charge in [0, 0.05) is 12.8 Å². The number of carbonyl (C=O) groups excluding carboxylic acids is 2.